The number of nitrogens with one attached hydrogen (secondary N) is 1. The minimum absolute atomic E-state index is 0.135. The topological polar surface area (TPSA) is 66.5 Å². The van der Waals surface area contributed by atoms with Gasteiger partial charge in [-0.3, -0.25) is 9.10 Å². The molecular weight excluding hydrogens is 384 g/mol. The van der Waals surface area contributed by atoms with Crippen molar-refractivity contribution in [2.75, 3.05) is 17.1 Å². The number of carbonyl (C=O) groups excluding carboxylic acids is 1. The van der Waals surface area contributed by atoms with E-state index in [0.717, 1.165) is 16.7 Å². The van der Waals surface area contributed by atoms with Crippen molar-refractivity contribution in [2.24, 2.45) is 0 Å². The number of carbonyl (C=O) groups is 1. The van der Waals surface area contributed by atoms with E-state index in [0.29, 0.717) is 23.7 Å². The average molecular weight is 409 g/mol. The summed E-state index contributed by atoms with van der Waals surface area (Å²) in [5, 5.41) is 3.43. The summed E-state index contributed by atoms with van der Waals surface area (Å²) in [6, 6.07) is 12.9. The molecule has 27 heavy (non-hydrogen) atoms. The van der Waals surface area contributed by atoms with Crippen LogP contribution in [0.2, 0.25) is 5.02 Å². The number of anilines is 1. The third kappa shape index (κ3) is 5.97. The first-order valence-electron chi connectivity index (χ1n) is 8.74. The van der Waals surface area contributed by atoms with Gasteiger partial charge in [-0.05, 0) is 49.1 Å². The molecule has 0 fully saturated rings. The Morgan fingerprint density at radius 3 is 2.48 bits per heavy atom. The molecule has 0 heterocycles. The molecule has 2 rings (SSSR count). The van der Waals surface area contributed by atoms with Gasteiger partial charge in [0.2, 0.25) is 15.9 Å². The molecular formula is C20H25ClN2O3S. The fourth-order valence-corrected chi connectivity index (χ4v) is 4.00. The number of aryl methyl sites for hydroxylation is 1. The summed E-state index contributed by atoms with van der Waals surface area (Å²) in [5.74, 6) is -0.135. The van der Waals surface area contributed by atoms with Crippen molar-refractivity contribution in [3.05, 3.63) is 64.2 Å². The monoisotopic (exact) mass is 408 g/mol. The number of hydrogen-bond acceptors (Lipinski definition) is 3. The first-order chi connectivity index (χ1) is 12.7. The molecule has 0 bridgehead atoms. The van der Waals surface area contributed by atoms with Crippen LogP contribution in [0, 0.1) is 13.8 Å². The fourth-order valence-electron chi connectivity index (χ4n) is 2.78. The first kappa shape index (κ1) is 21.3. The molecule has 1 N–H and O–H groups in total. The van der Waals surface area contributed by atoms with E-state index in [-0.39, 0.29) is 18.9 Å². The van der Waals surface area contributed by atoms with Gasteiger partial charge in [0.25, 0.3) is 0 Å². The van der Waals surface area contributed by atoms with Crippen molar-refractivity contribution in [2.45, 2.75) is 33.2 Å². The zero-order valence-electron chi connectivity index (χ0n) is 15.8. The molecule has 2 aromatic rings. The molecule has 0 radical (unpaired) electrons. The summed E-state index contributed by atoms with van der Waals surface area (Å²) >= 11 is 6.07. The van der Waals surface area contributed by atoms with Gasteiger partial charge < -0.3 is 5.32 Å². The van der Waals surface area contributed by atoms with Crippen LogP contribution in [0.1, 0.15) is 29.5 Å². The van der Waals surface area contributed by atoms with E-state index in [1.165, 1.54) is 10.6 Å². The highest BCUT2D eigenvalue weighted by Gasteiger charge is 2.19. The maximum absolute atomic E-state index is 12.2. The van der Waals surface area contributed by atoms with Crippen LogP contribution in [0.25, 0.3) is 0 Å². The Bertz CT molecular complexity index is 913. The SMILES string of the molecule is Cc1cccc(N(CCCC(=O)NCc2ccccc2Cl)S(C)(=O)=O)c1C. The Kier molecular flexibility index (Phi) is 7.27. The van der Waals surface area contributed by atoms with E-state index < -0.39 is 10.0 Å². The number of sulfonamides is 1. The summed E-state index contributed by atoms with van der Waals surface area (Å²) in [6.45, 7) is 4.45. The van der Waals surface area contributed by atoms with Crippen molar-refractivity contribution in [3.63, 3.8) is 0 Å². The van der Waals surface area contributed by atoms with Gasteiger partial charge in [0.15, 0.2) is 0 Å². The predicted molar refractivity (Wildman–Crippen MR) is 111 cm³/mol. The highest BCUT2D eigenvalue weighted by Crippen LogP contribution is 2.25. The Morgan fingerprint density at radius 1 is 1.11 bits per heavy atom. The molecule has 0 saturated heterocycles. The van der Waals surface area contributed by atoms with Crippen molar-refractivity contribution >= 4 is 33.2 Å². The minimum Gasteiger partial charge on any atom is -0.352 e. The second-order valence-electron chi connectivity index (χ2n) is 6.53. The van der Waals surface area contributed by atoms with Crippen LogP contribution >= 0.6 is 11.6 Å². The standard InChI is InChI=1S/C20H25ClN2O3S/c1-15-8-6-11-19(16(15)2)23(27(3,25)26)13-7-12-20(24)22-14-17-9-4-5-10-18(17)21/h4-6,8-11H,7,12-14H2,1-3H3,(H,22,24). The Hall–Kier alpha value is -2.05. The molecule has 1 amide bonds. The van der Waals surface area contributed by atoms with Crippen LogP contribution in [0.3, 0.4) is 0 Å². The molecule has 0 saturated carbocycles. The Morgan fingerprint density at radius 2 is 1.81 bits per heavy atom. The van der Waals surface area contributed by atoms with Gasteiger partial charge in [-0.1, -0.05) is 41.9 Å². The van der Waals surface area contributed by atoms with Crippen molar-refractivity contribution in [1.82, 2.24) is 5.32 Å². The number of benzene rings is 2. The number of halogens is 1. The normalized spacial score (nSPS) is 11.3. The van der Waals surface area contributed by atoms with Crippen LogP contribution in [-0.4, -0.2) is 27.1 Å². The Labute approximate surface area is 166 Å². The summed E-state index contributed by atoms with van der Waals surface area (Å²) in [5.41, 5.74) is 3.46. The van der Waals surface area contributed by atoms with E-state index in [1.54, 1.807) is 12.1 Å². The van der Waals surface area contributed by atoms with Gasteiger partial charge in [-0.15, -0.1) is 0 Å². The van der Waals surface area contributed by atoms with Gasteiger partial charge >= 0.3 is 0 Å². The second kappa shape index (κ2) is 9.24. The third-order valence-corrected chi connectivity index (χ3v) is 5.99. The molecule has 0 unspecified atom stereocenters. The number of nitrogens with zero attached hydrogens (tertiary/aromatic N) is 1. The van der Waals surface area contributed by atoms with E-state index in [4.69, 9.17) is 11.6 Å². The number of rotatable bonds is 8. The lowest BCUT2D eigenvalue weighted by atomic mass is 10.1. The molecule has 0 spiro atoms. The summed E-state index contributed by atoms with van der Waals surface area (Å²) < 4.78 is 25.8. The minimum atomic E-state index is -3.43. The highest BCUT2D eigenvalue weighted by molar-refractivity contribution is 7.92. The quantitative estimate of drug-likeness (QED) is 0.722. The molecule has 2 aromatic carbocycles. The summed E-state index contributed by atoms with van der Waals surface area (Å²) in [7, 11) is -3.43. The first-order valence-corrected chi connectivity index (χ1v) is 11.0. The van der Waals surface area contributed by atoms with E-state index >= 15 is 0 Å². The van der Waals surface area contributed by atoms with Gasteiger partial charge in [-0.2, -0.15) is 0 Å². The van der Waals surface area contributed by atoms with Crippen LogP contribution < -0.4 is 9.62 Å². The molecule has 0 aromatic heterocycles. The van der Waals surface area contributed by atoms with Crippen LogP contribution in [0.15, 0.2) is 42.5 Å². The van der Waals surface area contributed by atoms with Crippen molar-refractivity contribution in [3.8, 4) is 0 Å². The maximum Gasteiger partial charge on any atom is 0.232 e. The molecule has 0 aliphatic carbocycles. The summed E-state index contributed by atoms with van der Waals surface area (Å²) in [6.07, 6.45) is 1.85. The molecule has 0 atom stereocenters. The third-order valence-electron chi connectivity index (χ3n) is 4.44. The van der Waals surface area contributed by atoms with Gasteiger partial charge in [0.1, 0.15) is 0 Å². The lowest BCUT2D eigenvalue weighted by Crippen LogP contribution is -2.32. The molecule has 0 aliphatic heterocycles. The predicted octanol–water partition coefficient (Wildman–Crippen LogP) is 3.82. The number of amides is 1. The lowest BCUT2D eigenvalue weighted by Gasteiger charge is -2.24. The molecule has 5 nitrogen and oxygen atoms in total. The summed E-state index contributed by atoms with van der Waals surface area (Å²) in [4.78, 5) is 12.1. The molecule has 0 aliphatic rings. The Balaban J connectivity index is 1.95. The van der Waals surface area contributed by atoms with E-state index in [2.05, 4.69) is 5.32 Å². The van der Waals surface area contributed by atoms with E-state index in [1.807, 2.05) is 44.2 Å². The second-order valence-corrected chi connectivity index (χ2v) is 8.84. The zero-order chi connectivity index (χ0) is 20.0. The largest absolute Gasteiger partial charge is 0.352 e. The zero-order valence-corrected chi connectivity index (χ0v) is 17.4. The van der Waals surface area contributed by atoms with Gasteiger partial charge in [0, 0.05) is 24.5 Å². The number of hydrogen-bond donors (Lipinski definition) is 1. The van der Waals surface area contributed by atoms with Gasteiger partial charge in [0.05, 0.1) is 11.9 Å². The van der Waals surface area contributed by atoms with Crippen molar-refractivity contribution in [1.29, 1.82) is 0 Å². The fraction of sp³-hybridized carbons (Fsp3) is 0.350. The maximum atomic E-state index is 12.2. The molecule has 7 heteroatoms. The smallest absolute Gasteiger partial charge is 0.232 e. The lowest BCUT2D eigenvalue weighted by molar-refractivity contribution is -0.121. The average Bonchev–Trinajstić information content (AvgIpc) is 2.60. The van der Waals surface area contributed by atoms with Crippen LogP contribution in [0.5, 0.6) is 0 Å². The van der Waals surface area contributed by atoms with Crippen molar-refractivity contribution < 1.29 is 13.2 Å². The van der Waals surface area contributed by atoms with E-state index in [9.17, 15) is 13.2 Å². The highest BCUT2D eigenvalue weighted by atomic mass is 35.5. The van der Waals surface area contributed by atoms with Gasteiger partial charge in [-0.25, -0.2) is 8.42 Å². The molecule has 146 valence electrons. The van der Waals surface area contributed by atoms with Crippen LogP contribution in [-0.2, 0) is 21.4 Å². The van der Waals surface area contributed by atoms with Crippen LogP contribution in [0.4, 0.5) is 5.69 Å².